The van der Waals surface area contributed by atoms with E-state index < -0.39 is 6.04 Å². The van der Waals surface area contributed by atoms with Gasteiger partial charge in [-0.1, -0.05) is 24.3 Å². The fourth-order valence-electron chi connectivity index (χ4n) is 2.90. The van der Waals surface area contributed by atoms with Gasteiger partial charge in [0, 0.05) is 0 Å². The van der Waals surface area contributed by atoms with Gasteiger partial charge in [-0.2, -0.15) is 0 Å². The molecule has 5 heteroatoms. The molecule has 1 N–H and O–H groups in total. The van der Waals surface area contributed by atoms with Crippen LogP contribution in [0.25, 0.3) is 11.0 Å². The number of para-hydroxylation sites is 1. The van der Waals surface area contributed by atoms with Crippen LogP contribution in [0.5, 0.6) is 5.75 Å². The largest absolute Gasteiger partial charge is 0.497 e. The summed E-state index contributed by atoms with van der Waals surface area (Å²) in [6.07, 6.45) is 0. The zero-order valence-corrected chi connectivity index (χ0v) is 12.3. The van der Waals surface area contributed by atoms with E-state index in [1.807, 2.05) is 12.1 Å². The smallest absolute Gasteiger partial charge is 0.288 e. The molecule has 1 aliphatic heterocycles. The normalized spacial score (nSPS) is 16.2. The van der Waals surface area contributed by atoms with E-state index in [9.17, 15) is 9.59 Å². The van der Waals surface area contributed by atoms with Gasteiger partial charge in [-0.05, 0) is 29.8 Å². The molecule has 2 heterocycles. The maximum atomic E-state index is 12.8. The number of benzene rings is 2. The standard InChI is InChI=1S/C18H13NO4/c1-22-11-8-6-10(7-9-11)15-14-16(20)12-4-2-3-5-13(12)23-17(14)18(21)19-15/h2-9,15H,1H3,(H,19,21)/t15-/m1/s1. The molecular weight excluding hydrogens is 294 g/mol. The topological polar surface area (TPSA) is 68.5 Å². The van der Waals surface area contributed by atoms with E-state index in [1.165, 1.54) is 0 Å². The molecule has 1 aromatic heterocycles. The van der Waals surface area contributed by atoms with Crippen molar-refractivity contribution in [3.8, 4) is 5.75 Å². The molecule has 0 fully saturated rings. The van der Waals surface area contributed by atoms with Gasteiger partial charge >= 0.3 is 0 Å². The molecule has 1 amide bonds. The number of amides is 1. The van der Waals surface area contributed by atoms with Crippen molar-refractivity contribution < 1.29 is 13.9 Å². The van der Waals surface area contributed by atoms with E-state index in [2.05, 4.69) is 5.32 Å². The van der Waals surface area contributed by atoms with Crippen LogP contribution in [0, 0.1) is 0 Å². The quantitative estimate of drug-likeness (QED) is 0.790. The monoisotopic (exact) mass is 307 g/mol. The van der Waals surface area contributed by atoms with Crippen LogP contribution in [-0.4, -0.2) is 13.0 Å². The summed E-state index contributed by atoms with van der Waals surface area (Å²) in [6, 6.07) is 13.7. The van der Waals surface area contributed by atoms with E-state index >= 15 is 0 Å². The Kier molecular flexibility index (Phi) is 2.94. The minimum absolute atomic E-state index is 0.0921. The Morgan fingerprint density at radius 1 is 1.04 bits per heavy atom. The van der Waals surface area contributed by atoms with Crippen LogP contribution in [0.2, 0.25) is 0 Å². The van der Waals surface area contributed by atoms with Gasteiger partial charge in [-0.15, -0.1) is 0 Å². The third kappa shape index (κ3) is 2.01. The Morgan fingerprint density at radius 3 is 2.52 bits per heavy atom. The summed E-state index contributed by atoms with van der Waals surface area (Å²) in [4.78, 5) is 25.0. The van der Waals surface area contributed by atoms with Crippen LogP contribution in [-0.2, 0) is 0 Å². The highest BCUT2D eigenvalue weighted by atomic mass is 16.5. The first kappa shape index (κ1) is 13.6. The van der Waals surface area contributed by atoms with Crippen LogP contribution in [0.1, 0.15) is 27.7 Å². The van der Waals surface area contributed by atoms with Crippen LogP contribution in [0.15, 0.2) is 57.7 Å². The molecule has 0 bridgehead atoms. The number of ether oxygens (including phenoxy) is 1. The second-order valence-corrected chi connectivity index (χ2v) is 5.35. The van der Waals surface area contributed by atoms with Crippen molar-refractivity contribution in [2.24, 2.45) is 0 Å². The molecular formula is C18H13NO4. The van der Waals surface area contributed by atoms with Gasteiger partial charge in [-0.3, -0.25) is 9.59 Å². The highest BCUT2D eigenvalue weighted by molar-refractivity contribution is 5.98. The predicted molar refractivity (Wildman–Crippen MR) is 84.8 cm³/mol. The van der Waals surface area contributed by atoms with Crippen molar-refractivity contribution in [1.29, 1.82) is 0 Å². The van der Waals surface area contributed by atoms with Crippen LogP contribution in [0.4, 0.5) is 0 Å². The number of carbonyl (C=O) groups excluding carboxylic acids is 1. The SMILES string of the molecule is COc1ccc([C@H]2NC(=O)c3oc4ccccc4c(=O)c32)cc1. The van der Waals surface area contributed by atoms with Crippen molar-refractivity contribution in [2.45, 2.75) is 6.04 Å². The average molecular weight is 307 g/mol. The Hall–Kier alpha value is -3.08. The first-order valence-electron chi connectivity index (χ1n) is 7.19. The molecule has 0 aliphatic carbocycles. The molecule has 1 aliphatic rings. The van der Waals surface area contributed by atoms with Crippen molar-refractivity contribution in [1.82, 2.24) is 5.32 Å². The summed E-state index contributed by atoms with van der Waals surface area (Å²) >= 11 is 0. The lowest BCUT2D eigenvalue weighted by molar-refractivity contribution is 0.0938. The number of carbonyl (C=O) groups is 1. The molecule has 0 spiro atoms. The lowest BCUT2D eigenvalue weighted by atomic mass is 9.99. The Morgan fingerprint density at radius 2 is 1.78 bits per heavy atom. The molecule has 1 atom stereocenters. The van der Waals surface area contributed by atoms with Crippen molar-refractivity contribution >= 4 is 16.9 Å². The summed E-state index contributed by atoms with van der Waals surface area (Å²) in [7, 11) is 1.59. The van der Waals surface area contributed by atoms with Crippen LogP contribution < -0.4 is 15.5 Å². The summed E-state index contributed by atoms with van der Waals surface area (Å²) in [5.74, 6) is 0.432. The fraction of sp³-hybridized carbons (Fsp3) is 0.111. The van der Waals surface area contributed by atoms with E-state index in [0.717, 1.165) is 5.56 Å². The maximum absolute atomic E-state index is 12.8. The van der Waals surface area contributed by atoms with E-state index in [1.54, 1.807) is 43.5 Å². The van der Waals surface area contributed by atoms with Gasteiger partial charge in [-0.25, -0.2) is 0 Å². The third-order valence-corrected chi connectivity index (χ3v) is 4.05. The molecule has 0 radical (unpaired) electrons. The van der Waals surface area contributed by atoms with Gasteiger partial charge in [0.15, 0.2) is 5.43 Å². The van der Waals surface area contributed by atoms with E-state index in [0.29, 0.717) is 22.3 Å². The number of hydrogen-bond acceptors (Lipinski definition) is 4. The van der Waals surface area contributed by atoms with Gasteiger partial charge in [0.25, 0.3) is 5.91 Å². The summed E-state index contributed by atoms with van der Waals surface area (Å²) in [5, 5.41) is 3.29. The summed E-state index contributed by atoms with van der Waals surface area (Å²) in [6.45, 7) is 0. The highest BCUT2D eigenvalue weighted by Crippen LogP contribution is 2.31. The van der Waals surface area contributed by atoms with Crippen molar-refractivity contribution in [2.75, 3.05) is 7.11 Å². The zero-order chi connectivity index (χ0) is 16.0. The predicted octanol–water partition coefficient (Wildman–Crippen LogP) is 2.63. The Labute approximate surface area is 131 Å². The number of fused-ring (bicyclic) bond motifs is 2. The molecule has 23 heavy (non-hydrogen) atoms. The lowest BCUT2D eigenvalue weighted by Gasteiger charge is -2.12. The maximum Gasteiger partial charge on any atom is 0.288 e. The second kappa shape index (κ2) is 4.98. The van der Waals surface area contributed by atoms with Gasteiger partial charge < -0.3 is 14.5 Å². The zero-order valence-electron chi connectivity index (χ0n) is 12.3. The first-order valence-corrected chi connectivity index (χ1v) is 7.19. The fourth-order valence-corrected chi connectivity index (χ4v) is 2.90. The van der Waals surface area contributed by atoms with E-state index in [4.69, 9.17) is 9.15 Å². The minimum Gasteiger partial charge on any atom is -0.497 e. The van der Waals surface area contributed by atoms with Crippen molar-refractivity contribution in [3.05, 3.63) is 75.6 Å². The third-order valence-electron chi connectivity index (χ3n) is 4.05. The molecule has 114 valence electrons. The number of nitrogens with one attached hydrogen (secondary N) is 1. The molecule has 0 saturated carbocycles. The second-order valence-electron chi connectivity index (χ2n) is 5.35. The molecule has 0 saturated heterocycles. The molecule has 0 unspecified atom stereocenters. The molecule has 5 nitrogen and oxygen atoms in total. The number of methoxy groups -OCH3 is 1. The average Bonchev–Trinajstić information content (AvgIpc) is 2.92. The summed E-state index contributed by atoms with van der Waals surface area (Å²) < 4.78 is 10.8. The van der Waals surface area contributed by atoms with Gasteiger partial charge in [0.2, 0.25) is 5.76 Å². The molecule has 2 aromatic carbocycles. The highest BCUT2D eigenvalue weighted by Gasteiger charge is 2.35. The first-order chi connectivity index (χ1) is 11.2. The Bertz CT molecular complexity index is 972. The van der Waals surface area contributed by atoms with Gasteiger partial charge in [0.05, 0.1) is 24.1 Å². The lowest BCUT2D eigenvalue weighted by Crippen LogP contribution is -2.21. The minimum atomic E-state index is -0.510. The summed E-state index contributed by atoms with van der Waals surface area (Å²) in [5.41, 5.74) is 1.40. The number of rotatable bonds is 2. The van der Waals surface area contributed by atoms with Gasteiger partial charge in [0.1, 0.15) is 11.3 Å². The number of hydrogen-bond donors (Lipinski definition) is 1. The van der Waals surface area contributed by atoms with Crippen LogP contribution in [0.3, 0.4) is 0 Å². The molecule has 3 aromatic rings. The van der Waals surface area contributed by atoms with Crippen molar-refractivity contribution in [3.63, 3.8) is 0 Å². The molecule has 4 rings (SSSR count). The van der Waals surface area contributed by atoms with Crippen LogP contribution >= 0.6 is 0 Å². The Balaban J connectivity index is 1.93. The van der Waals surface area contributed by atoms with E-state index in [-0.39, 0.29) is 17.1 Å².